The molecule has 0 unspecified atom stereocenters. The maximum atomic E-state index is 12.7. The maximum Gasteiger partial charge on any atom is 0.286 e. The lowest BCUT2D eigenvalue weighted by Gasteiger charge is -2.09. The monoisotopic (exact) mass is 408 g/mol. The van der Waals surface area contributed by atoms with Crippen LogP contribution in [-0.2, 0) is 10.0 Å². The topological polar surface area (TPSA) is 102 Å². The fourth-order valence-corrected chi connectivity index (χ4v) is 3.71. The summed E-state index contributed by atoms with van der Waals surface area (Å²) in [5, 5.41) is 0.462. The van der Waals surface area contributed by atoms with E-state index >= 15 is 0 Å². The van der Waals surface area contributed by atoms with Crippen LogP contribution in [0.1, 0.15) is 16.1 Å². The maximum absolute atomic E-state index is 12.7. The first-order chi connectivity index (χ1) is 11.3. The summed E-state index contributed by atoms with van der Waals surface area (Å²) in [5.41, 5.74) is 6.49. The van der Waals surface area contributed by atoms with Gasteiger partial charge in [0.05, 0.1) is 4.90 Å². The Bertz CT molecular complexity index is 1060. The number of rotatable bonds is 4. The second-order valence-corrected chi connectivity index (χ2v) is 7.72. The van der Waals surface area contributed by atoms with Crippen LogP contribution in [0.25, 0.3) is 11.0 Å². The Balaban J connectivity index is 2.13. The Hall–Kier alpha value is -2.32. The molecular formula is C16H13BrN2O4S. The molecule has 124 valence electrons. The van der Waals surface area contributed by atoms with E-state index in [1.165, 1.54) is 12.1 Å². The van der Waals surface area contributed by atoms with E-state index in [0.29, 0.717) is 11.0 Å². The highest BCUT2D eigenvalue weighted by Gasteiger charge is 2.24. The van der Waals surface area contributed by atoms with E-state index in [4.69, 9.17) is 10.2 Å². The van der Waals surface area contributed by atoms with Gasteiger partial charge in [-0.3, -0.25) is 9.52 Å². The predicted octanol–water partition coefficient (Wildman–Crippen LogP) is 3.40. The second kappa shape index (κ2) is 5.95. The van der Waals surface area contributed by atoms with Crippen LogP contribution in [0.2, 0.25) is 0 Å². The van der Waals surface area contributed by atoms with Crippen molar-refractivity contribution in [3.63, 3.8) is 0 Å². The Kier molecular flexibility index (Phi) is 4.10. The van der Waals surface area contributed by atoms with Crippen molar-refractivity contribution >= 4 is 48.5 Å². The van der Waals surface area contributed by atoms with Crippen LogP contribution in [-0.4, -0.2) is 14.3 Å². The Morgan fingerprint density at radius 2 is 1.92 bits per heavy atom. The van der Waals surface area contributed by atoms with Crippen molar-refractivity contribution in [2.75, 3.05) is 4.72 Å². The van der Waals surface area contributed by atoms with E-state index in [0.717, 1.165) is 10.0 Å². The Morgan fingerprint density at radius 3 is 2.58 bits per heavy atom. The zero-order valence-corrected chi connectivity index (χ0v) is 14.9. The van der Waals surface area contributed by atoms with Crippen molar-refractivity contribution in [3.8, 4) is 0 Å². The van der Waals surface area contributed by atoms with E-state index in [1.807, 2.05) is 0 Å². The van der Waals surface area contributed by atoms with E-state index in [2.05, 4.69) is 20.7 Å². The molecule has 24 heavy (non-hydrogen) atoms. The molecule has 0 saturated heterocycles. The van der Waals surface area contributed by atoms with Crippen LogP contribution in [0, 0.1) is 6.92 Å². The van der Waals surface area contributed by atoms with Gasteiger partial charge in [-0.15, -0.1) is 0 Å². The molecule has 0 aliphatic rings. The van der Waals surface area contributed by atoms with Crippen molar-refractivity contribution in [1.29, 1.82) is 0 Å². The van der Waals surface area contributed by atoms with Crippen molar-refractivity contribution in [3.05, 3.63) is 58.3 Å². The number of anilines is 1. The molecule has 8 heteroatoms. The van der Waals surface area contributed by atoms with Gasteiger partial charge in [0.2, 0.25) is 5.76 Å². The molecule has 3 aromatic rings. The number of hydrogen-bond donors (Lipinski definition) is 2. The van der Waals surface area contributed by atoms with Crippen LogP contribution in [0.4, 0.5) is 5.69 Å². The molecule has 3 N–H and O–H groups in total. The van der Waals surface area contributed by atoms with Gasteiger partial charge in [-0.25, -0.2) is 8.42 Å². The van der Waals surface area contributed by atoms with Gasteiger partial charge in [0.15, 0.2) is 0 Å². The first-order valence-electron chi connectivity index (χ1n) is 6.90. The molecule has 2 aromatic carbocycles. The number of benzene rings is 2. The number of primary amides is 1. The molecule has 0 atom stereocenters. The van der Waals surface area contributed by atoms with E-state index < -0.39 is 15.9 Å². The quantitative estimate of drug-likeness (QED) is 0.690. The second-order valence-electron chi connectivity index (χ2n) is 5.18. The fourth-order valence-electron chi connectivity index (χ4n) is 2.30. The average molecular weight is 409 g/mol. The van der Waals surface area contributed by atoms with Crippen molar-refractivity contribution in [1.82, 2.24) is 0 Å². The predicted molar refractivity (Wildman–Crippen MR) is 94.4 cm³/mol. The number of amides is 1. The molecule has 1 aromatic heterocycles. The summed E-state index contributed by atoms with van der Waals surface area (Å²) in [6.07, 6.45) is 0. The summed E-state index contributed by atoms with van der Waals surface area (Å²) in [5.74, 6) is -1.08. The minimum absolute atomic E-state index is 0.0404. The average Bonchev–Trinajstić information content (AvgIpc) is 2.88. The number of nitrogens with one attached hydrogen (secondary N) is 1. The van der Waals surface area contributed by atoms with Gasteiger partial charge in [0.1, 0.15) is 11.3 Å². The number of carbonyl (C=O) groups excluding carboxylic acids is 1. The molecule has 0 saturated carbocycles. The number of para-hydroxylation sites is 1. The van der Waals surface area contributed by atoms with E-state index in [9.17, 15) is 13.2 Å². The van der Waals surface area contributed by atoms with E-state index in [1.54, 1.807) is 37.3 Å². The first kappa shape index (κ1) is 16.5. The summed E-state index contributed by atoms with van der Waals surface area (Å²) < 4.78 is 33.9. The lowest BCUT2D eigenvalue weighted by atomic mass is 10.2. The number of fused-ring (bicyclic) bond motifs is 1. The Labute approximate surface area is 146 Å². The highest BCUT2D eigenvalue weighted by atomic mass is 79.9. The van der Waals surface area contributed by atoms with Gasteiger partial charge in [0.25, 0.3) is 15.9 Å². The van der Waals surface area contributed by atoms with Gasteiger partial charge in [-0.1, -0.05) is 28.1 Å². The number of furan rings is 1. The van der Waals surface area contributed by atoms with Crippen molar-refractivity contribution < 1.29 is 17.6 Å². The van der Waals surface area contributed by atoms with Gasteiger partial charge in [0, 0.05) is 9.86 Å². The molecule has 0 bridgehead atoms. The summed E-state index contributed by atoms with van der Waals surface area (Å²) in [6.45, 7) is 1.78. The third-order valence-corrected chi connectivity index (χ3v) is 5.73. The van der Waals surface area contributed by atoms with Crippen LogP contribution in [0.15, 0.2) is 56.2 Å². The zero-order chi connectivity index (χ0) is 17.5. The summed E-state index contributed by atoms with van der Waals surface area (Å²) in [7, 11) is -3.91. The third-order valence-electron chi connectivity index (χ3n) is 3.50. The van der Waals surface area contributed by atoms with Crippen molar-refractivity contribution in [2.24, 2.45) is 5.73 Å². The zero-order valence-electron chi connectivity index (χ0n) is 12.5. The van der Waals surface area contributed by atoms with Gasteiger partial charge in [-0.05, 0) is 42.8 Å². The smallest absolute Gasteiger partial charge is 0.286 e. The molecule has 0 fully saturated rings. The van der Waals surface area contributed by atoms with Gasteiger partial charge >= 0.3 is 0 Å². The molecular weight excluding hydrogens is 396 g/mol. The van der Waals surface area contributed by atoms with Crippen LogP contribution in [0.3, 0.4) is 0 Å². The molecule has 0 radical (unpaired) electrons. The lowest BCUT2D eigenvalue weighted by Crippen LogP contribution is -2.17. The summed E-state index contributed by atoms with van der Waals surface area (Å²) in [4.78, 5) is 11.7. The highest BCUT2D eigenvalue weighted by molar-refractivity contribution is 9.10. The number of halogens is 1. The lowest BCUT2D eigenvalue weighted by molar-refractivity contribution is 0.0977. The SMILES string of the molecule is Cc1cc(S(=O)(=O)Nc2c(C(N)=O)oc3ccccc23)ccc1Br. The Morgan fingerprint density at radius 1 is 1.21 bits per heavy atom. The van der Waals surface area contributed by atoms with Crippen LogP contribution >= 0.6 is 15.9 Å². The minimum atomic E-state index is -3.91. The molecule has 0 spiro atoms. The first-order valence-corrected chi connectivity index (χ1v) is 9.17. The standard InChI is InChI=1S/C16H13BrN2O4S/c1-9-8-10(6-7-12(9)17)24(21,22)19-14-11-4-2-3-5-13(11)23-15(14)16(18)20/h2-8,19H,1H3,(H2,18,20). The third kappa shape index (κ3) is 2.90. The number of hydrogen-bond acceptors (Lipinski definition) is 4. The summed E-state index contributed by atoms with van der Waals surface area (Å²) in [6, 6.07) is 11.3. The van der Waals surface area contributed by atoms with E-state index in [-0.39, 0.29) is 16.3 Å². The van der Waals surface area contributed by atoms with Gasteiger partial charge in [-0.2, -0.15) is 0 Å². The largest absolute Gasteiger partial charge is 0.449 e. The van der Waals surface area contributed by atoms with Crippen LogP contribution in [0.5, 0.6) is 0 Å². The molecule has 0 aliphatic carbocycles. The molecule has 1 amide bonds. The fraction of sp³-hybridized carbons (Fsp3) is 0.0625. The summed E-state index contributed by atoms with van der Waals surface area (Å²) >= 11 is 3.33. The molecule has 1 heterocycles. The number of nitrogens with two attached hydrogens (primary N) is 1. The number of carbonyl (C=O) groups is 1. The highest BCUT2D eigenvalue weighted by Crippen LogP contribution is 2.32. The number of aryl methyl sites for hydroxylation is 1. The van der Waals surface area contributed by atoms with Crippen LogP contribution < -0.4 is 10.5 Å². The normalized spacial score (nSPS) is 11.6. The van der Waals surface area contributed by atoms with Crippen molar-refractivity contribution in [2.45, 2.75) is 11.8 Å². The molecule has 3 rings (SSSR count). The minimum Gasteiger partial charge on any atom is -0.449 e. The molecule has 0 aliphatic heterocycles. The molecule has 6 nitrogen and oxygen atoms in total. The van der Waals surface area contributed by atoms with Gasteiger partial charge < -0.3 is 10.2 Å². The number of sulfonamides is 1.